The summed E-state index contributed by atoms with van der Waals surface area (Å²) in [5, 5.41) is 34.8. The first-order chi connectivity index (χ1) is 47.9. The summed E-state index contributed by atoms with van der Waals surface area (Å²) in [4.78, 5) is 178. The Morgan fingerprint density at radius 3 is 0.860 bits per heavy atom. The van der Waals surface area contributed by atoms with E-state index in [1.54, 1.807) is 13.8 Å². The van der Waals surface area contributed by atoms with Gasteiger partial charge in [0.15, 0.2) is 0 Å². The molecule has 31 nitrogen and oxygen atoms in total. The SMILES string of the molecule is CC(C)C[C@H](NC(=O)OCC1c2ccccc2-c2ccccc21)C(=O)N[C@@H](Cc1cnc[nH]1)C(=O)N[C@@H](CC(C)C)C(=O)N[C@@H](CC(C)C)C(=O)N[C@@H](Cc1cnc[nH]1)C(=O)N[C@@H](Cc1cnc[nH]1)C(=O)N[C@@H](CC(C)C)C(=O)N[C@@H](Cc1cnc[nH]1)C(=O)N[C@@H](Cc1cnc[nH]1)C(=O)O. The van der Waals surface area contributed by atoms with Gasteiger partial charge >= 0.3 is 12.1 Å². The lowest BCUT2D eigenvalue weighted by Gasteiger charge is -2.29. The number of nitrogens with one attached hydrogen (secondary N) is 14. The second-order valence-electron chi connectivity index (χ2n) is 26.8. The minimum absolute atomic E-state index is 0.00162. The van der Waals surface area contributed by atoms with Crippen LogP contribution in [0.5, 0.6) is 0 Å². The van der Waals surface area contributed by atoms with Gasteiger partial charge in [0.2, 0.25) is 47.3 Å². The highest BCUT2D eigenvalue weighted by Gasteiger charge is 2.38. The predicted octanol–water partition coefficient (Wildman–Crippen LogP) is 2.87. The van der Waals surface area contributed by atoms with Crippen molar-refractivity contribution < 1.29 is 57.8 Å². The smallest absolute Gasteiger partial charge is 0.407 e. The number of hydrogen-bond acceptors (Lipinski definition) is 16. The molecule has 0 spiro atoms. The number of carboxylic acid groups (broad SMARTS) is 1. The van der Waals surface area contributed by atoms with E-state index in [1.165, 1.54) is 62.6 Å². The second-order valence-corrected chi connectivity index (χ2v) is 26.8. The molecule has 2 aromatic carbocycles. The fourth-order valence-electron chi connectivity index (χ4n) is 11.9. The lowest BCUT2D eigenvalue weighted by atomic mass is 9.98. The first kappa shape index (κ1) is 74.8. The van der Waals surface area contributed by atoms with Gasteiger partial charge in [-0.25, -0.2) is 34.5 Å². The number of aromatic amines is 5. The Labute approximate surface area is 578 Å². The second kappa shape index (κ2) is 36.0. The number of ether oxygens (including phenoxy) is 1. The number of carboxylic acids is 1. The van der Waals surface area contributed by atoms with Crippen LogP contribution in [0.4, 0.5) is 4.79 Å². The fourth-order valence-corrected chi connectivity index (χ4v) is 11.9. The largest absolute Gasteiger partial charge is 0.480 e. The van der Waals surface area contributed by atoms with E-state index < -0.39 is 114 Å². The van der Waals surface area contributed by atoms with E-state index in [0.717, 1.165) is 22.3 Å². The maximum atomic E-state index is 14.9. The topological polar surface area (TPSA) is 452 Å². The van der Waals surface area contributed by atoms with Gasteiger partial charge in [0.05, 0.1) is 31.6 Å². The molecule has 0 unspecified atom stereocenters. The van der Waals surface area contributed by atoms with Gasteiger partial charge in [-0.3, -0.25) is 38.4 Å². The summed E-state index contributed by atoms with van der Waals surface area (Å²) in [6, 6.07) is 3.69. The van der Waals surface area contributed by atoms with E-state index >= 15 is 0 Å². The van der Waals surface area contributed by atoms with Gasteiger partial charge in [-0.05, 0) is 71.6 Å². The van der Waals surface area contributed by atoms with Crippen molar-refractivity contribution in [3.8, 4) is 11.1 Å². The van der Waals surface area contributed by atoms with Crippen LogP contribution in [0.15, 0.2) is 111 Å². The van der Waals surface area contributed by atoms with Crippen molar-refractivity contribution in [2.45, 2.75) is 173 Å². The highest BCUT2D eigenvalue weighted by Crippen LogP contribution is 2.44. The fraction of sp³-hybridized carbons (Fsp3) is 0.464. The summed E-state index contributed by atoms with van der Waals surface area (Å²) in [6.07, 6.45) is 12.8. The quantitative estimate of drug-likeness (QED) is 0.0265. The van der Waals surface area contributed by atoms with Crippen LogP contribution >= 0.6 is 0 Å². The third kappa shape index (κ3) is 22.0. The molecule has 0 bridgehead atoms. The number of carbonyl (C=O) groups is 10. The summed E-state index contributed by atoms with van der Waals surface area (Å²) in [5.41, 5.74) is 6.24. The van der Waals surface area contributed by atoms with Crippen LogP contribution in [-0.4, -0.2) is 175 Å². The highest BCUT2D eigenvalue weighted by atomic mass is 16.5. The zero-order valence-electron chi connectivity index (χ0n) is 57.2. The Kier molecular flexibility index (Phi) is 26.9. The van der Waals surface area contributed by atoms with E-state index in [-0.39, 0.29) is 94.0 Å². The molecule has 8 rings (SSSR count). The Bertz CT molecular complexity index is 3770. The van der Waals surface area contributed by atoms with Crippen molar-refractivity contribution in [1.29, 1.82) is 0 Å². The summed E-state index contributed by atoms with van der Waals surface area (Å²) >= 11 is 0. The van der Waals surface area contributed by atoms with Crippen LogP contribution in [-0.2, 0) is 80.0 Å². The van der Waals surface area contributed by atoms with Crippen LogP contribution in [0, 0.1) is 23.7 Å². The molecule has 9 amide bonds. The van der Waals surface area contributed by atoms with Crippen LogP contribution in [0.1, 0.15) is 127 Å². The molecule has 31 heteroatoms. The molecule has 9 atom stereocenters. The van der Waals surface area contributed by atoms with E-state index in [9.17, 15) is 53.1 Å². The maximum absolute atomic E-state index is 14.9. The van der Waals surface area contributed by atoms with Crippen LogP contribution in [0.2, 0.25) is 0 Å². The molecule has 1 aliphatic carbocycles. The number of imidazole rings is 5. The molecule has 0 radical (unpaired) electrons. The molecule has 0 aliphatic heterocycles. The molecule has 1 aliphatic rings. The number of aliphatic carboxylic acids is 1. The number of fused-ring (bicyclic) bond motifs is 3. The first-order valence-corrected chi connectivity index (χ1v) is 33.5. The molecular weight excluding hydrogens is 1290 g/mol. The van der Waals surface area contributed by atoms with Crippen molar-refractivity contribution in [3.63, 3.8) is 0 Å². The number of amides is 9. The number of benzene rings is 2. The van der Waals surface area contributed by atoms with Gasteiger partial charge in [0.25, 0.3) is 0 Å². The average molecular weight is 1380 g/mol. The number of hydrogen-bond donors (Lipinski definition) is 15. The highest BCUT2D eigenvalue weighted by molar-refractivity contribution is 5.98. The van der Waals surface area contributed by atoms with Gasteiger partial charge in [-0.15, -0.1) is 0 Å². The molecule has 0 saturated heterocycles. The van der Waals surface area contributed by atoms with Crippen LogP contribution < -0.4 is 47.9 Å². The van der Waals surface area contributed by atoms with Gasteiger partial charge in [0.1, 0.15) is 61.0 Å². The number of H-pyrrole nitrogens is 5. The number of rotatable bonds is 38. The van der Waals surface area contributed by atoms with Gasteiger partial charge in [-0.2, -0.15) is 0 Å². The summed E-state index contributed by atoms with van der Waals surface area (Å²) in [5.74, 6) is -8.70. The Morgan fingerprint density at radius 2 is 0.600 bits per heavy atom. The van der Waals surface area contributed by atoms with Gasteiger partial charge < -0.3 is 82.6 Å². The molecule has 5 aromatic heterocycles. The Morgan fingerprint density at radius 1 is 0.360 bits per heavy atom. The summed E-state index contributed by atoms with van der Waals surface area (Å²) < 4.78 is 5.83. The van der Waals surface area contributed by atoms with E-state index in [0.29, 0.717) is 28.5 Å². The zero-order chi connectivity index (χ0) is 72.0. The third-order valence-corrected chi connectivity index (χ3v) is 16.7. The molecule has 7 aromatic rings. The van der Waals surface area contributed by atoms with Crippen LogP contribution in [0.3, 0.4) is 0 Å². The van der Waals surface area contributed by atoms with Crippen molar-refractivity contribution in [1.82, 2.24) is 97.7 Å². The van der Waals surface area contributed by atoms with Crippen LogP contribution in [0.25, 0.3) is 11.1 Å². The molecule has 15 N–H and O–H groups in total. The Balaban J connectivity index is 0.965. The van der Waals surface area contributed by atoms with Crippen molar-refractivity contribution in [3.05, 3.63) is 151 Å². The lowest BCUT2D eigenvalue weighted by Crippen LogP contribution is -2.61. The van der Waals surface area contributed by atoms with Crippen molar-refractivity contribution in [2.24, 2.45) is 23.7 Å². The Hall–Kier alpha value is -11.0. The molecule has 0 fully saturated rings. The number of nitrogens with zero attached hydrogens (tertiary/aromatic N) is 5. The molecular formula is C69H91N19O12. The number of alkyl carbamates (subject to hydrolysis) is 1. The predicted molar refractivity (Wildman–Crippen MR) is 364 cm³/mol. The first-order valence-electron chi connectivity index (χ1n) is 33.5. The standard InChI is InChI=1S/C69H91N19O12/c1-37(2)17-51(81-64(93)55(21-41-26-70-32-75-41)85-63(92)54(20-40(7)8)88-69(99)100-31-50-48-15-11-9-13-46(48)47-14-10-12-16-49(47)50)60(89)80-52(18-38(3)4)61(90)83-57(23-43-28-72-34-77-43)66(95)86-56(22-42-27-71-33-76-42)65(94)82-53(19-39(5)6)62(91)84-58(24-44-29-73-35-78-44)67(96)87-59(68(97)98)25-45-30-74-36-79-45/h9-16,26-30,32-40,50-59H,17-25,31H2,1-8H3,(H,70,75)(H,71,76)(H,72,77)(H,73,78)(H,74,79)(H,80,89)(H,81,93)(H,82,94)(H,83,90)(H,84,91)(H,85,92)(H,86,95)(H,87,96)(H,88,99)(H,97,98)/t51-,52-,53-,54-,55-,56-,57-,58-,59-/m0/s1. The minimum atomic E-state index is -1.45. The van der Waals surface area contributed by atoms with E-state index in [1.807, 2.05) is 90.1 Å². The molecule has 5 heterocycles. The van der Waals surface area contributed by atoms with Gasteiger partial charge in [-0.1, -0.05) is 104 Å². The minimum Gasteiger partial charge on any atom is -0.480 e. The summed E-state index contributed by atoms with van der Waals surface area (Å²) in [6.45, 7) is 14.7. The monoisotopic (exact) mass is 1380 g/mol. The maximum Gasteiger partial charge on any atom is 0.407 e. The normalized spacial score (nSPS) is 14.6. The van der Waals surface area contributed by atoms with Gasteiger partial charge in [0, 0.05) is 97.5 Å². The summed E-state index contributed by atoms with van der Waals surface area (Å²) in [7, 11) is 0. The molecule has 100 heavy (non-hydrogen) atoms. The average Bonchev–Trinajstić information content (AvgIpc) is 1.61. The zero-order valence-corrected chi connectivity index (χ0v) is 57.2. The van der Waals surface area contributed by atoms with Crippen molar-refractivity contribution >= 4 is 59.3 Å². The number of aromatic nitrogens is 10. The van der Waals surface area contributed by atoms with E-state index in [4.69, 9.17) is 4.74 Å². The van der Waals surface area contributed by atoms with E-state index in [2.05, 4.69) is 97.7 Å². The van der Waals surface area contributed by atoms with Crippen molar-refractivity contribution in [2.75, 3.05) is 6.61 Å². The molecule has 534 valence electrons. The number of carbonyl (C=O) groups excluding carboxylic acids is 9. The molecule has 0 saturated carbocycles. The third-order valence-electron chi connectivity index (χ3n) is 16.7. The lowest BCUT2D eigenvalue weighted by molar-refractivity contribution is -0.142.